The Morgan fingerprint density at radius 1 is 0.918 bits per heavy atom. The zero-order chi connectivity index (χ0) is 52.0. The summed E-state index contributed by atoms with van der Waals surface area (Å²) < 4.78 is 49.7. The molecule has 1 atom stereocenters. The fraction of sp³-hybridized carbons (Fsp3) is 0.396. The van der Waals surface area contributed by atoms with Crippen molar-refractivity contribution < 1.29 is 32.6 Å². The fourth-order valence-corrected chi connectivity index (χ4v) is 9.71. The molecule has 73 heavy (non-hydrogen) atoms. The number of para-hydroxylation sites is 1. The Morgan fingerprint density at radius 2 is 1.62 bits per heavy atom. The number of benzene rings is 4. The third-order valence-corrected chi connectivity index (χ3v) is 14.1. The molecule has 2 amide bonds. The van der Waals surface area contributed by atoms with E-state index in [0.717, 1.165) is 88.1 Å². The van der Waals surface area contributed by atoms with Crippen molar-refractivity contribution in [2.24, 2.45) is 5.92 Å². The monoisotopic (exact) mass is 1020 g/mol. The number of alkyl halides is 3. The van der Waals surface area contributed by atoms with Crippen LogP contribution in [0.2, 0.25) is 0 Å². The zero-order valence-corrected chi connectivity index (χ0v) is 42.9. The molecule has 20 heteroatoms. The standard InChI is InChI=1S/C53H63F3N12O4S/c1-7-39-28-42(35(4)27-46(39)70)48-61-62-50(51(71)58-36(5)53(54,55)56)67(48)40-15-13-37(14-16-40)31-64-23-25-65(26-24-64)32-38-19-21-66(22-20-38)41-17-18-43(47(29-41)72-8-2)59-52-57-30-45(63(6)33-69)49(60-52)68(73)44-12-10-9-11-34(44)3/h9-18,27-30,33,36,38,70,73H,7-8,19-26,31-32H2,1-6H3,(H,58,71)(H,57,59,60). The van der Waals surface area contributed by atoms with Gasteiger partial charge >= 0.3 is 6.18 Å². The van der Waals surface area contributed by atoms with E-state index >= 15 is 0 Å². The van der Waals surface area contributed by atoms with Gasteiger partial charge in [0, 0.05) is 82.4 Å². The molecule has 4 heterocycles. The van der Waals surface area contributed by atoms with Crippen LogP contribution >= 0.6 is 12.8 Å². The average Bonchev–Trinajstić information content (AvgIpc) is 3.82. The number of aryl methyl sites for hydroxylation is 3. The molecule has 4 aromatic carbocycles. The molecule has 2 aliphatic heterocycles. The van der Waals surface area contributed by atoms with Gasteiger partial charge < -0.3 is 35.2 Å². The average molecular weight is 1020 g/mol. The first-order valence-corrected chi connectivity index (χ1v) is 25.0. The van der Waals surface area contributed by atoms with E-state index in [0.29, 0.717) is 83.2 Å². The van der Waals surface area contributed by atoms with Crippen LogP contribution in [0.3, 0.4) is 0 Å². The maximum absolute atomic E-state index is 13.5. The van der Waals surface area contributed by atoms with Gasteiger partial charge in [0.2, 0.25) is 18.2 Å². The molecule has 6 aromatic rings. The van der Waals surface area contributed by atoms with Crippen LogP contribution in [0.1, 0.15) is 66.5 Å². The lowest BCUT2D eigenvalue weighted by atomic mass is 9.95. The molecule has 0 bridgehead atoms. The molecule has 16 nitrogen and oxygen atoms in total. The van der Waals surface area contributed by atoms with Crippen molar-refractivity contribution in [3.8, 4) is 28.6 Å². The highest BCUT2D eigenvalue weighted by atomic mass is 32.1. The van der Waals surface area contributed by atoms with Gasteiger partial charge in [-0.3, -0.25) is 23.4 Å². The topological polar surface area (TPSA) is 160 Å². The van der Waals surface area contributed by atoms with E-state index in [-0.39, 0.29) is 17.4 Å². The Morgan fingerprint density at radius 3 is 2.29 bits per heavy atom. The Bertz CT molecular complexity index is 2890. The first-order valence-electron chi connectivity index (χ1n) is 24.6. The van der Waals surface area contributed by atoms with Crippen LogP contribution in [0, 0.1) is 19.8 Å². The second-order valence-electron chi connectivity index (χ2n) is 18.7. The normalized spacial score (nSPS) is 15.2. The maximum Gasteiger partial charge on any atom is 0.408 e. The summed E-state index contributed by atoms with van der Waals surface area (Å²) in [5.74, 6) is 1.15. The Labute approximate surface area is 429 Å². The van der Waals surface area contributed by atoms with Crippen LogP contribution in [0.25, 0.3) is 17.1 Å². The molecule has 2 aliphatic rings. The van der Waals surface area contributed by atoms with E-state index in [9.17, 15) is 27.9 Å². The molecule has 1 unspecified atom stereocenters. The predicted octanol–water partition coefficient (Wildman–Crippen LogP) is 9.04. The number of nitrogens with zero attached hydrogens (tertiary/aromatic N) is 10. The van der Waals surface area contributed by atoms with Gasteiger partial charge in [-0.25, -0.2) is 4.98 Å². The summed E-state index contributed by atoms with van der Waals surface area (Å²) >= 11 is 4.79. The summed E-state index contributed by atoms with van der Waals surface area (Å²) in [7, 11) is 1.65. The van der Waals surface area contributed by atoms with Gasteiger partial charge in [0.05, 0.1) is 24.2 Å². The minimum absolute atomic E-state index is 0.127. The maximum atomic E-state index is 13.5. The van der Waals surface area contributed by atoms with Gasteiger partial charge in [0.15, 0.2) is 11.6 Å². The second kappa shape index (κ2) is 22.9. The van der Waals surface area contributed by atoms with Crippen LogP contribution in [-0.4, -0.2) is 124 Å². The van der Waals surface area contributed by atoms with Crippen LogP contribution in [0.15, 0.2) is 85.1 Å². The smallest absolute Gasteiger partial charge is 0.408 e. The number of carbonyl (C=O) groups is 2. The number of anilines is 6. The molecule has 386 valence electrons. The summed E-state index contributed by atoms with van der Waals surface area (Å²) in [4.78, 5) is 43.3. The van der Waals surface area contributed by atoms with Gasteiger partial charge in [-0.2, -0.15) is 18.2 Å². The van der Waals surface area contributed by atoms with Gasteiger partial charge in [-0.15, -0.1) is 10.2 Å². The zero-order valence-electron chi connectivity index (χ0n) is 42.0. The first-order chi connectivity index (χ1) is 35.0. The Hall–Kier alpha value is -6.90. The van der Waals surface area contributed by atoms with Crippen LogP contribution in [-0.2, 0) is 17.8 Å². The molecule has 8 rings (SSSR count). The highest BCUT2D eigenvalue weighted by molar-refractivity contribution is 7.82. The van der Waals surface area contributed by atoms with E-state index in [4.69, 9.17) is 22.5 Å². The number of rotatable bonds is 18. The number of ether oxygens (including phenoxy) is 1. The number of aromatic nitrogens is 5. The van der Waals surface area contributed by atoms with E-state index in [1.54, 1.807) is 36.6 Å². The fourth-order valence-electron chi connectivity index (χ4n) is 9.34. The number of nitrogens with one attached hydrogen (secondary N) is 2. The van der Waals surface area contributed by atoms with Crippen LogP contribution in [0.4, 0.5) is 47.7 Å². The first kappa shape index (κ1) is 52.4. The van der Waals surface area contributed by atoms with E-state index < -0.39 is 18.1 Å². The van der Waals surface area contributed by atoms with E-state index in [1.165, 1.54) is 9.47 Å². The van der Waals surface area contributed by atoms with Crippen molar-refractivity contribution in [2.45, 2.75) is 72.6 Å². The molecule has 3 N–H and O–H groups in total. The number of halogens is 3. The van der Waals surface area contributed by atoms with E-state index in [2.05, 4.69) is 47.3 Å². The predicted molar refractivity (Wildman–Crippen MR) is 282 cm³/mol. The number of aromatic hydroxyl groups is 1. The number of amides is 2. The number of piperidine rings is 1. The molecule has 2 aromatic heterocycles. The molecule has 2 fully saturated rings. The Kier molecular flexibility index (Phi) is 16.4. The van der Waals surface area contributed by atoms with Gasteiger partial charge in [-0.05, 0) is 118 Å². The molecule has 0 saturated carbocycles. The van der Waals surface area contributed by atoms with Crippen molar-refractivity contribution in [1.29, 1.82) is 0 Å². The molecule has 0 aliphatic carbocycles. The molecular weight excluding hydrogens is 958 g/mol. The minimum Gasteiger partial charge on any atom is -0.508 e. The molecule has 2 saturated heterocycles. The SMILES string of the molecule is CCOc1cc(N2CCC(CN3CCN(Cc4ccc(-n5c(C(=O)NC(C)C(F)(F)F)nnc5-c5cc(CC)c(O)cc5C)cc4)CC3)CC2)ccc1Nc1ncc(N(C)C=O)c(N(S)c2ccccc2C)n1. The number of phenolic OH excluding ortho intramolecular Hbond substituents is 1. The van der Waals surface area contributed by atoms with Crippen molar-refractivity contribution in [1.82, 2.24) is 39.8 Å². The summed E-state index contributed by atoms with van der Waals surface area (Å²) in [6.45, 7) is 16.3. The van der Waals surface area contributed by atoms with Gasteiger partial charge in [0.1, 0.15) is 23.2 Å². The summed E-state index contributed by atoms with van der Waals surface area (Å²) in [5.41, 5.74) is 7.63. The Balaban J connectivity index is 0.863. The molecule has 0 radical (unpaired) electrons. The quantitative estimate of drug-likeness (QED) is 0.0478. The van der Waals surface area contributed by atoms with Crippen molar-refractivity contribution in [3.05, 3.63) is 113 Å². The number of piperazine rings is 1. The second-order valence-corrected chi connectivity index (χ2v) is 19.1. The van der Waals surface area contributed by atoms with Crippen LogP contribution < -0.4 is 29.5 Å². The lowest BCUT2D eigenvalue weighted by Gasteiger charge is -2.39. The number of hydrogen-bond donors (Lipinski definition) is 4. The van der Waals surface area contributed by atoms with Crippen molar-refractivity contribution in [2.75, 3.05) is 78.9 Å². The van der Waals surface area contributed by atoms with Crippen LogP contribution in [0.5, 0.6) is 11.5 Å². The third kappa shape index (κ3) is 12.1. The van der Waals surface area contributed by atoms with Crippen molar-refractivity contribution in [3.63, 3.8) is 0 Å². The highest BCUT2D eigenvalue weighted by Crippen LogP contribution is 2.38. The molecule has 0 spiro atoms. The number of hydrogen-bond acceptors (Lipinski definition) is 14. The number of carbonyl (C=O) groups excluding carboxylic acids is 2. The van der Waals surface area contributed by atoms with Gasteiger partial charge in [0.25, 0.3) is 5.91 Å². The molecular formula is C53H63F3N12O4S. The van der Waals surface area contributed by atoms with E-state index in [1.807, 2.05) is 80.7 Å². The largest absolute Gasteiger partial charge is 0.508 e. The summed E-state index contributed by atoms with van der Waals surface area (Å²) in [6.07, 6.45) is 0.342. The minimum atomic E-state index is -4.64. The number of thiol groups is 1. The number of phenols is 1. The lowest BCUT2D eigenvalue weighted by molar-refractivity contribution is -0.149. The van der Waals surface area contributed by atoms with Crippen molar-refractivity contribution >= 4 is 59.6 Å². The lowest BCUT2D eigenvalue weighted by Crippen LogP contribution is -2.48. The summed E-state index contributed by atoms with van der Waals surface area (Å²) in [6, 6.07) is 22.8. The highest BCUT2D eigenvalue weighted by Gasteiger charge is 2.38. The van der Waals surface area contributed by atoms with Gasteiger partial charge in [-0.1, -0.05) is 50.1 Å². The summed E-state index contributed by atoms with van der Waals surface area (Å²) in [5, 5.41) is 24.2. The third-order valence-electron chi connectivity index (χ3n) is 13.7.